The summed E-state index contributed by atoms with van der Waals surface area (Å²) in [6.07, 6.45) is 5.45. The lowest BCUT2D eigenvalue weighted by molar-refractivity contribution is -0.117. The smallest absolute Gasteiger partial charge is 0.241 e. The van der Waals surface area contributed by atoms with Crippen LogP contribution in [0.1, 0.15) is 18.4 Å². The van der Waals surface area contributed by atoms with Gasteiger partial charge in [0, 0.05) is 29.7 Å². The molecule has 0 bridgehead atoms. The minimum atomic E-state index is -0.0834. The summed E-state index contributed by atoms with van der Waals surface area (Å²) in [7, 11) is 0. The Bertz CT molecular complexity index is 631. The highest BCUT2D eigenvalue weighted by molar-refractivity contribution is 5.95. The molecule has 0 spiro atoms. The molecule has 3 rings (SSSR count). The summed E-state index contributed by atoms with van der Waals surface area (Å²) >= 11 is 0. The Kier molecular flexibility index (Phi) is 6.38. The molecule has 1 aliphatic heterocycles. The van der Waals surface area contributed by atoms with Gasteiger partial charge in [-0.15, -0.1) is 12.4 Å². The average molecular weight is 334 g/mol. The molecule has 0 saturated carbocycles. The summed E-state index contributed by atoms with van der Waals surface area (Å²) < 4.78 is 5.73. The van der Waals surface area contributed by atoms with E-state index >= 15 is 0 Å². The van der Waals surface area contributed by atoms with Crippen LogP contribution in [0.4, 0.5) is 5.69 Å². The third kappa shape index (κ3) is 4.94. The number of rotatable bonds is 5. The molecule has 122 valence electrons. The molecule has 1 aliphatic rings. The van der Waals surface area contributed by atoms with Gasteiger partial charge in [0.2, 0.25) is 5.91 Å². The van der Waals surface area contributed by atoms with Crippen LogP contribution in [0.3, 0.4) is 0 Å². The van der Waals surface area contributed by atoms with Gasteiger partial charge >= 0.3 is 0 Å². The molecule has 6 heteroatoms. The van der Waals surface area contributed by atoms with Crippen LogP contribution in [0.15, 0.2) is 48.8 Å². The largest absolute Gasteiger partial charge is 0.489 e. The minimum absolute atomic E-state index is 0. The first-order valence-corrected chi connectivity index (χ1v) is 7.47. The zero-order chi connectivity index (χ0) is 15.2. The molecule has 1 saturated heterocycles. The number of hydrogen-bond acceptors (Lipinski definition) is 4. The molecule has 5 nitrogen and oxygen atoms in total. The van der Waals surface area contributed by atoms with E-state index < -0.39 is 0 Å². The fourth-order valence-electron chi connectivity index (χ4n) is 2.45. The van der Waals surface area contributed by atoms with Crippen molar-refractivity contribution in [3.63, 3.8) is 0 Å². The first kappa shape index (κ1) is 17.2. The number of halogens is 1. The maximum absolute atomic E-state index is 12.1. The van der Waals surface area contributed by atoms with Gasteiger partial charge in [0.05, 0.1) is 6.04 Å². The quantitative estimate of drug-likeness (QED) is 0.883. The van der Waals surface area contributed by atoms with Crippen LogP contribution in [0.2, 0.25) is 0 Å². The van der Waals surface area contributed by atoms with E-state index in [-0.39, 0.29) is 24.4 Å². The molecule has 1 atom stereocenters. The molecule has 1 unspecified atom stereocenters. The third-order valence-electron chi connectivity index (χ3n) is 3.61. The van der Waals surface area contributed by atoms with Gasteiger partial charge in [-0.2, -0.15) is 0 Å². The molecule has 2 N–H and O–H groups in total. The molecule has 1 aromatic carbocycles. The first-order valence-electron chi connectivity index (χ1n) is 7.47. The van der Waals surface area contributed by atoms with Crippen molar-refractivity contribution in [1.29, 1.82) is 0 Å². The van der Waals surface area contributed by atoms with Gasteiger partial charge in [-0.25, -0.2) is 0 Å². The Morgan fingerprint density at radius 2 is 2.26 bits per heavy atom. The van der Waals surface area contributed by atoms with Crippen molar-refractivity contribution in [3.8, 4) is 5.75 Å². The summed E-state index contributed by atoms with van der Waals surface area (Å²) in [5.74, 6) is 0.739. The van der Waals surface area contributed by atoms with E-state index in [2.05, 4.69) is 15.6 Å². The van der Waals surface area contributed by atoms with Crippen molar-refractivity contribution in [2.75, 3.05) is 11.9 Å². The number of amides is 1. The Labute approximate surface area is 141 Å². The molecule has 2 heterocycles. The van der Waals surface area contributed by atoms with Crippen molar-refractivity contribution in [2.24, 2.45) is 0 Å². The zero-order valence-corrected chi connectivity index (χ0v) is 13.5. The van der Waals surface area contributed by atoms with Crippen LogP contribution in [-0.2, 0) is 11.4 Å². The lowest BCUT2D eigenvalue weighted by Crippen LogP contribution is -2.35. The van der Waals surface area contributed by atoms with E-state index in [1.807, 2.05) is 36.4 Å². The van der Waals surface area contributed by atoms with E-state index in [1.54, 1.807) is 12.4 Å². The molecule has 1 fully saturated rings. The maximum atomic E-state index is 12.1. The van der Waals surface area contributed by atoms with E-state index in [4.69, 9.17) is 4.74 Å². The van der Waals surface area contributed by atoms with Gasteiger partial charge in [-0.3, -0.25) is 9.78 Å². The monoisotopic (exact) mass is 333 g/mol. The predicted molar refractivity (Wildman–Crippen MR) is 91.9 cm³/mol. The second kappa shape index (κ2) is 8.50. The minimum Gasteiger partial charge on any atom is -0.489 e. The Balaban J connectivity index is 0.00000192. The number of nitrogens with one attached hydrogen (secondary N) is 2. The van der Waals surface area contributed by atoms with Gasteiger partial charge in [0.1, 0.15) is 12.4 Å². The molecule has 1 aromatic heterocycles. The second-order valence-corrected chi connectivity index (χ2v) is 5.32. The van der Waals surface area contributed by atoms with E-state index in [1.165, 1.54) is 0 Å². The van der Waals surface area contributed by atoms with Crippen LogP contribution in [0.5, 0.6) is 5.75 Å². The topological polar surface area (TPSA) is 63.2 Å². The molecular formula is C17H20ClN3O2. The van der Waals surface area contributed by atoms with Gasteiger partial charge in [0.25, 0.3) is 0 Å². The van der Waals surface area contributed by atoms with Crippen molar-refractivity contribution >= 4 is 24.0 Å². The summed E-state index contributed by atoms with van der Waals surface area (Å²) in [5, 5.41) is 6.12. The summed E-state index contributed by atoms with van der Waals surface area (Å²) in [5.41, 5.74) is 1.76. The van der Waals surface area contributed by atoms with Crippen molar-refractivity contribution in [2.45, 2.75) is 25.5 Å². The van der Waals surface area contributed by atoms with E-state index in [9.17, 15) is 4.79 Å². The number of carbonyl (C=O) groups is 1. The molecule has 2 aromatic rings. The van der Waals surface area contributed by atoms with Gasteiger partial charge in [-0.05, 0) is 37.6 Å². The number of hydrogen-bond donors (Lipinski definition) is 2. The average Bonchev–Trinajstić information content (AvgIpc) is 3.09. The fraction of sp³-hybridized carbons (Fsp3) is 0.294. The van der Waals surface area contributed by atoms with Crippen LogP contribution < -0.4 is 15.4 Å². The first-order chi connectivity index (χ1) is 10.8. The lowest BCUT2D eigenvalue weighted by Gasteiger charge is -2.12. The zero-order valence-electron chi connectivity index (χ0n) is 12.7. The van der Waals surface area contributed by atoms with Crippen LogP contribution in [0, 0.1) is 0 Å². The molecule has 1 amide bonds. The van der Waals surface area contributed by atoms with Crippen LogP contribution in [0.25, 0.3) is 0 Å². The normalized spacial score (nSPS) is 16.4. The lowest BCUT2D eigenvalue weighted by atomic mass is 10.2. The third-order valence-corrected chi connectivity index (χ3v) is 3.61. The highest BCUT2D eigenvalue weighted by Crippen LogP contribution is 2.19. The number of ether oxygens (including phenoxy) is 1. The highest BCUT2D eigenvalue weighted by Gasteiger charge is 2.21. The summed E-state index contributed by atoms with van der Waals surface area (Å²) in [6, 6.07) is 11.2. The van der Waals surface area contributed by atoms with Crippen LogP contribution in [-0.4, -0.2) is 23.5 Å². The number of pyridine rings is 1. The van der Waals surface area contributed by atoms with Crippen molar-refractivity contribution in [3.05, 3.63) is 54.4 Å². The number of aromatic nitrogens is 1. The van der Waals surface area contributed by atoms with Crippen molar-refractivity contribution < 1.29 is 9.53 Å². The summed E-state index contributed by atoms with van der Waals surface area (Å²) in [6.45, 7) is 1.36. The van der Waals surface area contributed by atoms with Gasteiger partial charge < -0.3 is 15.4 Å². The van der Waals surface area contributed by atoms with E-state index in [0.29, 0.717) is 6.61 Å². The number of carbonyl (C=O) groups excluding carboxylic acids is 1. The Morgan fingerprint density at radius 3 is 3.00 bits per heavy atom. The number of benzene rings is 1. The predicted octanol–water partition coefficient (Wildman–Crippen LogP) is 2.77. The van der Waals surface area contributed by atoms with Crippen molar-refractivity contribution in [1.82, 2.24) is 10.3 Å². The molecule has 0 radical (unpaired) electrons. The second-order valence-electron chi connectivity index (χ2n) is 5.32. The molecule has 23 heavy (non-hydrogen) atoms. The van der Waals surface area contributed by atoms with Gasteiger partial charge in [-0.1, -0.05) is 12.1 Å². The summed E-state index contributed by atoms with van der Waals surface area (Å²) in [4.78, 5) is 16.1. The maximum Gasteiger partial charge on any atom is 0.241 e. The standard InChI is InChI=1S/C17H19N3O2.ClH/c21-17(16-7-3-9-19-16)20-14-5-1-6-15(10-14)22-12-13-4-2-8-18-11-13;/h1-2,4-6,8,10-11,16,19H,3,7,9,12H2,(H,20,21);1H. The van der Waals surface area contributed by atoms with Gasteiger partial charge in [0.15, 0.2) is 0 Å². The van der Waals surface area contributed by atoms with Crippen LogP contribution >= 0.6 is 12.4 Å². The molecular weight excluding hydrogens is 314 g/mol. The number of anilines is 1. The SMILES string of the molecule is Cl.O=C(Nc1cccc(OCc2cccnc2)c1)C1CCCN1. The highest BCUT2D eigenvalue weighted by atomic mass is 35.5. The Morgan fingerprint density at radius 1 is 1.35 bits per heavy atom. The fourth-order valence-corrected chi connectivity index (χ4v) is 2.45. The molecule has 0 aliphatic carbocycles. The number of nitrogens with zero attached hydrogens (tertiary/aromatic N) is 1. The van der Waals surface area contributed by atoms with E-state index in [0.717, 1.165) is 36.4 Å². The Hall–Kier alpha value is -2.11.